The molecule has 0 fully saturated rings. The Balaban J connectivity index is 1.87. The minimum absolute atomic E-state index is 0.157. The number of hydrogen-bond acceptors (Lipinski definition) is 7. The van der Waals surface area contributed by atoms with Gasteiger partial charge in [-0.15, -0.1) is 0 Å². The van der Waals surface area contributed by atoms with Crippen molar-refractivity contribution < 1.29 is 32.5 Å². The third-order valence-electron chi connectivity index (χ3n) is 6.85. The van der Waals surface area contributed by atoms with Crippen molar-refractivity contribution in [1.29, 1.82) is 0 Å². The molecule has 0 amide bonds. The molecule has 8 heteroatoms. The van der Waals surface area contributed by atoms with Gasteiger partial charge in [-0.25, -0.2) is 9.37 Å². The summed E-state index contributed by atoms with van der Waals surface area (Å²) in [5.74, 6) is 2.50. The van der Waals surface area contributed by atoms with Crippen LogP contribution in [-0.2, 0) is 0 Å². The topological polar surface area (TPSA) is 72.2 Å². The van der Waals surface area contributed by atoms with E-state index in [1.165, 1.54) is 6.07 Å². The highest BCUT2D eigenvalue weighted by atomic mass is 19.1. The van der Waals surface area contributed by atoms with E-state index in [0.29, 0.717) is 39.8 Å². The number of aromatic nitrogens is 1. The van der Waals surface area contributed by atoms with Gasteiger partial charge in [0, 0.05) is 5.39 Å². The predicted molar refractivity (Wildman–Crippen MR) is 145 cm³/mol. The first-order valence-corrected chi connectivity index (χ1v) is 11.8. The second-order valence-electron chi connectivity index (χ2n) is 8.68. The molecule has 0 radical (unpaired) electrons. The van der Waals surface area contributed by atoms with Crippen LogP contribution in [0.15, 0.2) is 59.0 Å². The van der Waals surface area contributed by atoms with Crippen LogP contribution in [-0.4, -0.2) is 40.5 Å². The Hall–Kier alpha value is -4.72. The number of halogens is 1. The van der Waals surface area contributed by atoms with E-state index in [9.17, 15) is 4.39 Å². The van der Waals surface area contributed by atoms with E-state index in [1.54, 1.807) is 53.7 Å². The van der Waals surface area contributed by atoms with Gasteiger partial charge in [0.15, 0.2) is 34.3 Å². The fourth-order valence-corrected chi connectivity index (χ4v) is 5.07. The molecule has 38 heavy (non-hydrogen) atoms. The molecule has 6 aromatic rings. The van der Waals surface area contributed by atoms with Crippen LogP contribution < -0.4 is 23.7 Å². The van der Waals surface area contributed by atoms with Crippen LogP contribution in [0.25, 0.3) is 54.9 Å². The summed E-state index contributed by atoms with van der Waals surface area (Å²) < 4.78 is 49.1. The Morgan fingerprint density at radius 2 is 1.05 bits per heavy atom. The van der Waals surface area contributed by atoms with Gasteiger partial charge in [-0.2, -0.15) is 0 Å². The summed E-state index contributed by atoms with van der Waals surface area (Å²) >= 11 is 0. The molecule has 0 atom stereocenters. The summed E-state index contributed by atoms with van der Waals surface area (Å²) in [4.78, 5) is 4.80. The van der Waals surface area contributed by atoms with Crippen LogP contribution in [0.2, 0.25) is 0 Å². The first-order valence-electron chi connectivity index (χ1n) is 11.8. The molecule has 0 N–H and O–H groups in total. The smallest absolute Gasteiger partial charge is 0.230 e. The molecule has 6 rings (SSSR count). The maximum atomic E-state index is 14.7. The number of hydrogen-bond donors (Lipinski definition) is 0. The molecular formula is C30H24FNO6. The van der Waals surface area contributed by atoms with Crippen LogP contribution in [0, 0.1) is 5.82 Å². The standard InChI is InChI=1S/C30H24FNO6/c1-33-22-10-16-17-11-24(35-3)25(36-4)13-19(17)27-20(18(16)12-23(22)34-2)14-26(37-5)29-28(27)32-30(38-29)15-8-6-7-9-21(15)31/h6-14H,1-5H3. The Labute approximate surface area is 217 Å². The number of rotatable bonds is 6. The Morgan fingerprint density at radius 1 is 0.605 bits per heavy atom. The van der Waals surface area contributed by atoms with Crippen LogP contribution >= 0.6 is 0 Å². The van der Waals surface area contributed by atoms with Gasteiger partial charge in [0.2, 0.25) is 5.89 Å². The monoisotopic (exact) mass is 513 g/mol. The summed E-state index contributed by atoms with van der Waals surface area (Å²) in [6.07, 6.45) is 0. The molecule has 0 aliphatic rings. The lowest BCUT2D eigenvalue weighted by molar-refractivity contribution is 0.355. The molecule has 0 aliphatic carbocycles. The average molecular weight is 514 g/mol. The number of methoxy groups -OCH3 is 5. The van der Waals surface area contributed by atoms with E-state index >= 15 is 0 Å². The average Bonchev–Trinajstić information content (AvgIpc) is 3.40. The molecule has 0 saturated heterocycles. The minimum Gasteiger partial charge on any atom is -0.493 e. The van der Waals surface area contributed by atoms with Gasteiger partial charge in [-0.1, -0.05) is 12.1 Å². The Morgan fingerprint density at radius 3 is 1.55 bits per heavy atom. The van der Waals surface area contributed by atoms with Gasteiger partial charge in [0.25, 0.3) is 0 Å². The number of benzene rings is 5. The van der Waals surface area contributed by atoms with Gasteiger partial charge < -0.3 is 28.1 Å². The van der Waals surface area contributed by atoms with Crippen molar-refractivity contribution in [2.75, 3.05) is 35.5 Å². The minimum atomic E-state index is -0.430. The summed E-state index contributed by atoms with van der Waals surface area (Å²) in [5, 5.41) is 5.16. The summed E-state index contributed by atoms with van der Waals surface area (Å²) in [7, 11) is 7.94. The van der Waals surface area contributed by atoms with Crippen LogP contribution in [0.5, 0.6) is 28.7 Å². The lowest BCUT2D eigenvalue weighted by atomic mass is 9.92. The van der Waals surface area contributed by atoms with Crippen LogP contribution in [0.3, 0.4) is 0 Å². The zero-order valence-corrected chi connectivity index (χ0v) is 21.5. The van der Waals surface area contributed by atoms with E-state index in [1.807, 2.05) is 30.3 Å². The lowest BCUT2D eigenvalue weighted by Crippen LogP contribution is -1.95. The zero-order valence-electron chi connectivity index (χ0n) is 21.5. The highest BCUT2D eigenvalue weighted by molar-refractivity contribution is 6.32. The van der Waals surface area contributed by atoms with Crippen molar-refractivity contribution in [3.8, 4) is 40.2 Å². The quantitative estimate of drug-likeness (QED) is 0.219. The van der Waals surface area contributed by atoms with Crippen molar-refractivity contribution in [1.82, 2.24) is 4.98 Å². The molecule has 0 unspecified atom stereocenters. The largest absolute Gasteiger partial charge is 0.493 e. The normalized spacial score (nSPS) is 11.4. The number of fused-ring (bicyclic) bond motifs is 8. The third kappa shape index (κ3) is 3.37. The first-order chi connectivity index (χ1) is 18.5. The van der Waals surface area contributed by atoms with E-state index in [0.717, 1.165) is 32.3 Å². The molecule has 1 heterocycles. The molecule has 0 saturated carbocycles. The second kappa shape index (κ2) is 8.99. The number of nitrogens with zero attached hydrogens (tertiary/aromatic N) is 1. The summed E-state index contributed by atoms with van der Waals surface area (Å²) in [6, 6.07) is 16.0. The van der Waals surface area contributed by atoms with E-state index in [2.05, 4.69) is 0 Å². The molecule has 1 aromatic heterocycles. The molecule has 192 valence electrons. The van der Waals surface area contributed by atoms with Gasteiger partial charge in [0.1, 0.15) is 11.3 Å². The van der Waals surface area contributed by atoms with Gasteiger partial charge in [-0.05, 0) is 69.4 Å². The van der Waals surface area contributed by atoms with E-state index < -0.39 is 5.82 Å². The highest BCUT2D eigenvalue weighted by Gasteiger charge is 2.23. The van der Waals surface area contributed by atoms with Crippen LogP contribution in [0.4, 0.5) is 4.39 Å². The van der Waals surface area contributed by atoms with Gasteiger partial charge in [0.05, 0.1) is 41.1 Å². The number of ether oxygens (including phenoxy) is 5. The fourth-order valence-electron chi connectivity index (χ4n) is 5.07. The highest BCUT2D eigenvalue weighted by Crippen LogP contribution is 2.48. The fraction of sp³-hybridized carbons (Fsp3) is 0.167. The molecular weight excluding hydrogens is 489 g/mol. The van der Waals surface area contributed by atoms with Crippen molar-refractivity contribution in [2.45, 2.75) is 0 Å². The maximum absolute atomic E-state index is 14.7. The second-order valence-corrected chi connectivity index (χ2v) is 8.68. The molecule has 5 aromatic carbocycles. The third-order valence-corrected chi connectivity index (χ3v) is 6.85. The molecule has 0 bridgehead atoms. The Kier molecular flexibility index (Phi) is 5.60. The van der Waals surface area contributed by atoms with Crippen molar-refractivity contribution >= 4 is 43.4 Å². The van der Waals surface area contributed by atoms with Crippen molar-refractivity contribution in [3.63, 3.8) is 0 Å². The Bertz CT molecular complexity index is 1840. The van der Waals surface area contributed by atoms with Crippen LogP contribution in [0.1, 0.15) is 0 Å². The first kappa shape index (κ1) is 23.7. The van der Waals surface area contributed by atoms with Gasteiger partial charge >= 0.3 is 0 Å². The lowest BCUT2D eigenvalue weighted by Gasteiger charge is -2.17. The van der Waals surface area contributed by atoms with E-state index in [4.69, 9.17) is 33.1 Å². The SMILES string of the molecule is COc1cc2c3cc(OC)c(OC)cc3c3c(cc(OC)c4oc(-c5ccccc5F)nc43)c2cc1OC. The van der Waals surface area contributed by atoms with Gasteiger partial charge in [-0.3, -0.25) is 0 Å². The van der Waals surface area contributed by atoms with Crippen molar-refractivity contribution in [2.24, 2.45) is 0 Å². The predicted octanol–water partition coefficient (Wildman–Crippen LogP) is 7.14. The number of oxazole rings is 1. The molecule has 0 spiro atoms. The zero-order chi connectivity index (χ0) is 26.6. The van der Waals surface area contributed by atoms with Crippen molar-refractivity contribution in [3.05, 3.63) is 60.4 Å². The summed E-state index contributed by atoms with van der Waals surface area (Å²) in [6.45, 7) is 0. The van der Waals surface area contributed by atoms with E-state index in [-0.39, 0.29) is 11.5 Å². The molecule has 0 aliphatic heterocycles. The molecule has 7 nitrogen and oxygen atoms in total. The summed E-state index contributed by atoms with van der Waals surface area (Å²) in [5.41, 5.74) is 1.20. The maximum Gasteiger partial charge on any atom is 0.230 e.